The molecule has 1 saturated heterocycles. The minimum Gasteiger partial charge on any atom is -0.508 e. The number of nitrogens with zero attached hydrogens (tertiary/aromatic N) is 1. The van der Waals surface area contributed by atoms with Crippen molar-refractivity contribution in [3.05, 3.63) is 22.7 Å². The number of hydrogen-bond donors (Lipinski definition) is 1. The Kier molecular flexibility index (Phi) is 2.55. The molecule has 2 rings (SSSR count). The predicted molar refractivity (Wildman–Crippen MR) is 59.3 cm³/mol. The van der Waals surface area contributed by atoms with Gasteiger partial charge in [-0.05, 0) is 31.4 Å². The van der Waals surface area contributed by atoms with Crippen LogP contribution in [-0.4, -0.2) is 18.2 Å². The van der Waals surface area contributed by atoms with Crippen LogP contribution in [0.5, 0.6) is 5.75 Å². The standard InChI is InChI=1S/C11H14ClNO/c1-8-6-9(12)10(7-11(8)14)13-4-2-3-5-13/h6-7,14H,2-5H2,1H3. The van der Waals surface area contributed by atoms with Gasteiger partial charge in [-0.2, -0.15) is 0 Å². The van der Waals surface area contributed by atoms with Gasteiger partial charge >= 0.3 is 0 Å². The van der Waals surface area contributed by atoms with Crippen LogP contribution in [0.2, 0.25) is 5.02 Å². The maximum Gasteiger partial charge on any atom is 0.120 e. The van der Waals surface area contributed by atoms with E-state index in [-0.39, 0.29) is 0 Å². The predicted octanol–water partition coefficient (Wildman–Crippen LogP) is 2.95. The van der Waals surface area contributed by atoms with Gasteiger partial charge in [-0.3, -0.25) is 0 Å². The first kappa shape index (κ1) is 9.66. The molecule has 0 bridgehead atoms. The molecule has 0 saturated carbocycles. The Balaban J connectivity index is 2.37. The smallest absolute Gasteiger partial charge is 0.120 e. The molecule has 1 fully saturated rings. The SMILES string of the molecule is Cc1cc(Cl)c(N2CCCC2)cc1O. The molecule has 0 amide bonds. The number of phenols is 1. The van der Waals surface area contributed by atoms with Gasteiger partial charge in [0.05, 0.1) is 10.7 Å². The normalized spacial score (nSPS) is 16.3. The molecule has 1 aromatic rings. The third kappa shape index (κ3) is 1.67. The molecule has 1 N–H and O–H groups in total. The van der Waals surface area contributed by atoms with Gasteiger partial charge in [-0.1, -0.05) is 11.6 Å². The summed E-state index contributed by atoms with van der Waals surface area (Å²) in [6, 6.07) is 3.59. The lowest BCUT2D eigenvalue weighted by Crippen LogP contribution is -2.17. The zero-order valence-corrected chi connectivity index (χ0v) is 9.01. The zero-order chi connectivity index (χ0) is 10.1. The van der Waals surface area contributed by atoms with Crippen LogP contribution in [-0.2, 0) is 0 Å². The van der Waals surface area contributed by atoms with Gasteiger partial charge in [0.25, 0.3) is 0 Å². The summed E-state index contributed by atoms with van der Waals surface area (Å²) >= 11 is 6.13. The van der Waals surface area contributed by atoms with Gasteiger partial charge in [-0.25, -0.2) is 0 Å². The van der Waals surface area contributed by atoms with Crippen LogP contribution in [0.25, 0.3) is 0 Å². The fourth-order valence-corrected chi connectivity index (χ4v) is 2.19. The Morgan fingerprint density at radius 1 is 1.29 bits per heavy atom. The first-order valence-corrected chi connectivity index (χ1v) is 5.30. The number of aryl methyl sites for hydroxylation is 1. The molecular formula is C11H14ClNO. The molecule has 1 aliphatic heterocycles. The number of benzene rings is 1. The fraction of sp³-hybridized carbons (Fsp3) is 0.455. The average Bonchev–Trinajstić information content (AvgIpc) is 2.64. The Morgan fingerprint density at radius 3 is 2.57 bits per heavy atom. The highest BCUT2D eigenvalue weighted by Gasteiger charge is 2.16. The van der Waals surface area contributed by atoms with Gasteiger partial charge in [0.15, 0.2) is 0 Å². The van der Waals surface area contributed by atoms with E-state index in [1.165, 1.54) is 12.8 Å². The molecule has 0 atom stereocenters. The summed E-state index contributed by atoms with van der Waals surface area (Å²) in [5.74, 6) is 0.330. The second kappa shape index (κ2) is 3.70. The van der Waals surface area contributed by atoms with Crippen molar-refractivity contribution in [1.82, 2.24) is 0 Å². The summed E-state index contributed by atoms with van der Waals surface area (Å²) in [7, 11) is 0. The topological polar surface area (TPSA) is 23.5 Å². The average molecular weight is 212 g/mol. The van der Waals surface area contributed by atoms with Gasteiger partial charge in [-0.15, -0.1) is 0 Å². The number of phenolic OH excluding ortho intramolecular Hbond substituents is 1. The van der Waals surface area contributed by atoms with Crippen LogP contribution in [0, 0.1) is 6.92 Å². The maximum atomic E-state index is 9.60. The number of hydrogen-bond acceptors (Lipinski definition) is 2. The summed E-state index contributed by atoms with van der Waals surface area (Å²) in [5, 5.41) is 10.3. The van der Waals surface area contributed by atoms with Crippen LogP contribution in [0.4, 0.5) is 5.69 Å². The van der Waals surface area contributed by atoms with E-state index in [0.29, 0.717) is 5.75 Å². The summed E-state index contributed by atoms with van der Waals surface area (Å²) < 4.78 is 0. The first-order chi connectivity index (χ1) is 6.68. The number of anilines is 1. The molecule has 76 valence electrons. The monoisotopic (exact) mass is 211 g/mol. The molecule has 0 aliphatic carbocycles. The largest absolute Gasteiger partial charge is 0.508 e. The van der Waals surface area contributed by atoms with Crippen LogP contribution in [0.1, 0.15) is 18.4 Å². The van der Waals surface area contributed by atoms with Gasteiger partial charge in [0.1, 0.15) is 5.75 Å². The Hall–Kier alpha value is -0.890. The van der Waals surface area contributed by atoms with E-state index in [2.05, 4.69) is 4.90 Å². The van der Waals surface area contributed by atoms with Crippen LogP contribution in [0.15, 0.2) is 12.1 Å². The minimum absolute atomic E-state index is 0.330. The lowest BCUT2D eigenvalue weighted by Gasteiger charge is -2.19. The molecule has 14 heavy (non-hydrogen) atoms. The Bertz CT molecular complexity index is 345. The molecule has 1 heterocycles. The lowest BCUT2D eigenvalue weighted by molar-refractivity contribution is 0.471. The fourth-order valence-electron chi connectivity index (χ4n) is 1.85. The van der Waals surface area contributed by atoms with Crippen molar-refractivity contribution in [2.24, 2.45) is 0 Å². The summed E-state index contributed by atoms with van der Waals surface area (Å²) in [4.78, 5) is 2.22. The molecular weight excluding hydrogens is 198 g/mol. The molecule has 3 heteroatoms. The van der Waals surface area contributed by atoms with Crippen molar-refractivity contribution in [1.29, 1.82) is 0 Å². The van der Waals surface area contributed by atoms with E-state index in [1.807, 2.05) is 13.0 Å². The zero-order valence-electron chi connectivity index (χ0n) is 8.26. The van der Waals surface area contributed by atoms with E-state index in [1.54, 1.807) is 6.07 Å². The first-order valence-electron chi connectivity index (χ1n) is 4.92. The lowest BCUT2D eigenvalue weighted by atomic mass is 10.2. The molecule has 2 nitrogen and oxygen atoms in total. The summed E-state index contributed by atoms with van der Waals surface area (Å²) in [6.07, 6.45) is 2.43. The second-order valence-corrected chi connectivity index (χ2v) is 4.19. The molecule has 1 aliphatic rings. The van der Waals surface area contributed by atoms with Crippen molar-refractivity contribution in [2.75, 3.05) is 18.0 Å². The van der Waals surface area contributed by atoms with Gasteiger partial charge < -0.3 is 10.0 Å². The third-order valence-corrected chi connectivity index (χ3v) is 3.01. The molecule has 0 aromatic heterocycles. The third-order valence-electron chi connectivity index (χ3n) is 2.71. The molecule has 0 unspecified atom stereocenters. The quantitative estimate of drug-likeness (QED) is 0.772. The van der Waals surface area contributed by atoms with Gasteiger partial charge in [0, 0.05) is 19.2 Å². The van der Waals surface area contributed by atoms with Crippen molar-refractivity contribution < 1.29 is 5.11 Å². The minimum atomic E-state index is 0.330. The molecule has 0 radical (unpaired) electrons. The highest BCUT2D eigenvalue weighted by Crippen LogP contribution is 2.34. The Morgan fingerprint density at radius 2 is 1.93 bits per heavy atom. The maximum absolute atomic E-state index is 9.60. The summed E-state index contributed by atoms with van der Waals surface area (Å²) in [5.41, 5.74) is 1.80. The van der Waals surface area contributed by atoms with Gasteiger partial charge in [0.2, 0.25) is 0 Å². The van der Waals surface area contributed by atoms with Crippen molar-refractivity contribution in [2.45, 2.75) is 19.8 Å². The number of aromatic hydroxyl groups is 1. The van der Waals surface area contributed by atoms with Crippen LogP contribution < -0.4 is 4.90 Å². The molecule has 1 aromatic carbocycles. The van der Waals surface area contributed by atoms with E-state index < -0.39 is 0 Å². The van der Waals surface area contributed by atoms with E-state index >= 15 is 0 Å². The van der Waals surface area contributed by atoms with Crippen LogP contribution >= 0.6 is 11.6 Å². The highest BCUT2D eigenvalue weighted by molar-refractivity contribution is 6.33. The second-order valence-electron chi connectivity index (χ2n) is 3.78. The van der Waals surface area contributed by atoms with Crippen molar-refractivity contribution in [3.63, 3.8) is 0 Å². The van der Waals surface area contributed by atoms with Crippen molar-refractivity contribution >= 4 is 17.3 Å². The van der Waals surface area contributed by atoms with E-state index in [9.17, 15) is 5.11 Å². The Labute approximate surface area is 89.1 Å². The van der Waals surface area contributed by atoms with E-state index in [0.717, 1.165) is 29.4 Å². The number of halogens is 1. The van der Waals surface area contributed by atoms with Crippen molar-refractivity contribution in [3.8, 4) is 5.75 Å². The number of rotatable bonds is 1. The molecule has 0 spiro atoms. The van der Waals surface area contributed by atoms with E-state index in [4.69, 9.17) is 11.6 Å². The van der Waals surface area contributed by atoms with Crippen LogP contribution in [0.3, 0.4) is 0 Å². The highest BCUT2D eigenvalue weighted by atomic mass is 35.5. The summed E-state index contributed by atoms with van der Waals surface area (Å²) in [6.45, 7) is 3.94.